The summed E-state index contributed by atoms with van der Waals surface area (Å²) in [6.07, 6.45) is 0.238. The first kappa shape index (κ1) is 20.6. The molecule has 29 heavy (non-hydrogen) atoms. The minimum absolute atomic E-state index is 0.0813. The van der Waals surface area contributed by atoms with E-state index >= 15 is 0 Å². The molecule has 3 aromatic carbocycles. The number of nitrogens with one attached hydrogen (secondary N) is 1. The molecule has 150 valence electrons. The highest BCUT2D eigenvalue weighted by atomic mass is 32.2. The highest BCUT2D eigenvalue weighted by Gasteiger charge is 2.21. The molecule has 0 spiro atoms. The number of rotatable bonds is 7. The molecular weight excluding hydrogens is 384 g/mol. The first-order valence-electron chi connectivity index (χ1n) is 9.31. The van der Waals surface area contributed by atoms with Gasteiger partial charge in [0.05, 0.1) is 17.0 Å². The van der Waals surface area contributed by atoms with Gasteiger partial charge in [-0.1, -0.05) is 60.2 Å². The molecule has 3 aromatic rings. The highest BCUT2D eigenvalue weighted by Crippen LogP contribution is 2.22. The number of hydrogen-bond donors (Lipinski definition) is 1. The molecule has 3 rings (SSSR count). The molecule has 0 bridgehead atoms. The van der Waals surface area contributed by atoms with E-state index in [0.29, 0.717) is 12.2 Å². The van der Waals surface area contributed by atoms with Crippen molar-refractivity contribution in [2.75, 3.05) is 11.4 Å². The first-order chi connectivity index (χ1) is 13.9. The molecule has 0 aromatic heterocycles. The average molecular weight is 409 g/mol. The molecular formula is C23H24N2O3S. The van der Waals surface area contributed by atoms with Crippen molar-refractivity contribution >= 4 is 21.6 Å². The summed E-state index contributed by atoms with van der Waals surface area (Å²) in [5, 5.41) is 2.89. The summed E-state index contributed by atoms with van der Waals surface area (Å²) in [6.45, 7) is 2.39. The lowest BCUT2D eigenvalue weighted by Gasteiger charge is -2.20. The summed E-state index contributed by atoms with van der Waals surface area (Å²) in [5.41, 5.74) is 3.40. The fourth-order valence-corrected chi connectivity index (χ4v) is 4.07. The van der Waals surface area contributed by atoms with Crippen LogP contribution in [0.2, 0.25) is 0 Å². The van der Waals surface area contributed by atoms with E-state index in [9.17, 15) is 13.2 Å². The van der Waals surface area contributed by atoms with Gasteiger partial charge in [0.2, 0.25) is 5.91 Å². The van der Waals surface area contributed by atoms with Crippen molar-refractivity contribution in [3.63, 3.8) is 0 Å². The molecule has 0 radical (unpaired) electrons. The lowest BCUT2D eigenvalue weighted by Crippen LogP contribution is -2.26. The number of carbonyl (C=O) groups is 1. The van der Waals surface area contributed by atoms with Crippen molar-refractivity contribution in [3.05, 3.63) is 95.6 Å². The molecule has 1 N–H and O–H groups in total. The van der Waals surface area contributed by atoms with Crippen LogP contribution in [0.1, 0.15) is 16.7 Å². The van der Waals surface area contributed by atoms with Crippen LogP contribution < -0.4 is 9.62 Å². The first-order valence-corrected chi connectivity index (χ1v) is 10.8. The number of sulfonamides is 1. The molecule has 0 heterocycles. The van der Waals surface area contributed by atoms with Crippen molar-refractivity contribution in [1.29, 1.82) is 0 Å². The Bertz CT molecular complexity index is 1060. The fraction of sp³-hybridized carbons (Fsp3) is 0.174. The van der Waals surface area contributed by atoms with Crippen LogP contribution in [0.5, 0.6) is 0 Å². The van der Waals surface area contributed by atoms with Crippen molar-refractivity contribution in [2.45, 2.75) is 24.8 Å². The molecule has 0 atom stereocenters. The molecule has 6 heteroatoms. The minimum atomic E-state index is -3.63. The van der Waals surface area contributed by atoms with Crippen LogP contribution in [-0.4, -0.2) is 21.4 Å². The average Bonchev–Trinajstić information content (AvgIpc) is 2.73. The van der Waals surface area contributed by atoms with Gasteiger partial charge in [0, 0.05) is 13.6 Å². The smallest absolute Gasteiger partial charge is 0.264 e. The van der Waals surface area contributed by atoms with E-state index in [-0.39, 0.29) is 17.2 Å². The van der Waals surface area contributed by atoms with E-state index in [1.807, 2.05) is 37.3 Å². The Labute approximate surface area is 172 Å². The van der Waals surface area contributed by atoms with Crippen molar-refractivity contribution in [1.82, 2.24) is 5.32 Å². The van der Waals surface area contributed by atoms with Gasteiger partial charge in [-0.2, -0.15) is 0 Å². The topological polar surface area (TPSA) is 66.5 Å². The third kappa shape index (κ3) is 5.23. The lowest BCUT2D eigenvalue weighted by atomic mass is 10.1. The van der Waals surface area contributed by atoms with E-state index in [4.69, 9.17) is 0 Å². The van der Waals surface area contributed by atoms with Crippen LogP contribution in [0.15, 0.2) is 83.8 Å². The van der Waals surface area contributed by atoms with Crippen LogP contribution in [0.25, 0.3) is 0 Å². The van der Waals surface area contributed by atoms with Crippen LogP contribution in [0, 0.1) is 6.92 Å². The summed E-state index contributed by atoms with van der Waals surface area (Å²) in [5.74, 6) is -0.0813. The predicted octanol–water partition coefficient (Wildman–Crippen LogP) is 3.68. The number of nitrogens with zero attached hydrogens (tertiary/aromatic N) is 1. The Morgan fingerprint density at radius 2 is 1.48 bits per heavy atom. The van der Waals surface area contributed by atoms with Gasteiger partial charge in [0.15, 0.2) is 0 Å². The highest BCUT2D eigenvalue weighted by molar-refractivity contribution is 7.92. The summed E-state index contributed by atoms with van der Waals surface area (Å²) >= 11 is 0. The van der Waals surface area contributed by atoms with Crippen LogP contribution in [0.3, 0.4) is 0 Å². The van der Waals surface area contributed by atoms with E-state index in [0.717, 1.165) is 16.7 Å². The van der Waals surface area contributed by atoms with Gasteiger partial charge in [-0.25, -0.2) is 8.42 Å². The van der Waals surface area contributed by atoms with Gasteiger partial charge in [-0.05, 0) is 42.3 Å². The summed E-state index contributed by atoms with van der Waals surface area (Å²) in [4.78, 5) is 12.4. The second-order valence-corrected chi connectivity index (χ2v) is 8.86. The lowest BCUT2D eigenvalue weighted by molar-refractivity contribution is -0.120. The standard InChI is InChI=1S/C23H24N2O3S/c1-18-8-14-22(15-9-18)29(27,28)25(2)21-12-10-19(11-13-21)16-23(26)24-17-20-6-4-3-5-7-20/h3-15H,16-17H2,1-2H3,(H,24,26). The zero-order valence-corrected chi connectivity index (χ0v) is 17.3. The number of amides is 1. The number of benzene rings is 3. The van der Waals surface area contributed by atoms with E-state index < -0.39 is 10.0 Å². The van der Waals surface area contributed by atoms with Crippen LogP contribution in [0.4, 0.5) is 5.69 Å². The molecule has 0 aliphatic rings. The van der Waals surface area contributed by atoms with Crippen LogP contribution >= 0.6 is 0 Å². The Morgan fingerprint density at radius 3 is 2.10 bits per heavy atom. The maximum atomic E-state index is 12.8. The Hall–Kier alpha value is -3.12. The summed E-state index contributed by atoms with van der Waals surface area (Å²) in [7, 11) is -2.11. The molecule has 0 saturated carbocycles. The fourth-order valence-electron chi connectivity index (χ4n) is 2.88. The zero-order valence-electron chi connectivity index (χ0n) is 16.5. The monoisotopic (exact) mass is 408 g/mol. The van der Waals surface area contributed by atoms with Crippen LogP contribution in [-0.2, 0) is 27.8 Å². The second kappa shape index (κ2) is 8.92. The molecule has 0 fully saturated rings. The number of anilines is 1. The van der Waals surface area contributed by atoms with Gasteiger partial charge >= 0.3 is 0 Å². The number of aryl methyl sites for hydroxylation is 1. The van der Waals surface area contributed by atoms with Crippen molar-refractivity contribution in [2.24, 2.45) is 0 Å². The number of carbonyl (C=O) groups excluding carboxylic acids is 1. The molecule has 0 aliphatic carbocycles. The van der Waals surface area contributed by atoms with Gasteiger partial charge in [0.25, 0.3) is 10.0 Å². The quantitative estimate of drug-likeness (QED) is 0.649. The maximum absolute atomic E-state index is 12.8. The molecule has 0 aliphatic heterocycles. The van der Waals surface area contributed by atoms with Gasteiger partial charge in [-0.15, -0.1) is 0 Å². The predicted molar refractivity (Wildman–Crippen MR) is 115 cm³/mol. The van der Waals surface area contributed by atoms with E-state index in [2.05, 4.69) is 5.32 Å². The summed E-state index contributed by atoms with van der Waals surface area (Å²) < 4.78 is 26.8. The Balaban J connectivity index is 1.63. The SMILES string of the molecule is Cc1ccc(S(=O)(=O)N(C)c2ccc(CC(=O)NCc3ccccc3)cc2)cc1. The third-order valence-electron chi connectivity index (χ3n) is 4.68. The van der Waals surface area contributed by atoms with Gasteiger partial charge < -0.3 is 5.32 Å². The molecule has 5 nitrogen and oxygen atoms in total. The normalized spacial score (nSPS) is 11.1. The van der Waals surface area contributed by atoms with E-state index in [1.165, 1.54) is 11.4 Å². The van der Waals surface area contributed by atoms with Gasteiger partial charge in [0.1, 0.15) is 0 Å². The largest absolute Gasteiger partial charge is 0.352 e. The number of hydrogen-bond acceptors (Lipinski definition) is 3. The summed E-state index contributed by atoms with van der Waals surface area (Å²) in [6, 6.07) is 23.5. The third-order valence-corrected chi connectivity index (χ3v) is 6.48. The Morgan fingerprint density at radius 1 is 0.862 bits per heavy atom. The van der Waals surface area contributed by atoms with Crippen molar-refractivity contribution < 1.29 is 13.2 Å². The van der Waals surface area contributed by atoms with E-state index in [1.54, 1.807) is 48.5 Å². The van der Waals surface area contributed by atoms with Gasteiger partial charge in [-0.3, -0.25) is 9.10 Å². The molecule has 0 unspecified atom stereocenters. The Kier molecular flexibility index (Phi) is 6.34. The minimum Gasteiger partial charge on any atom is -0.352 e. The second-order valence-electron chi connectivity index (χ2n) is 6.89. The zero-order chi connectivity index (χ0) is 20.9. The molecule has 0 saturated heterocycles. The molecule has 1 amide bonds. The van der Waals surface area contributed by atoms with Crippen molar-refractivity contribution in [3.8, 4) is 0 Å². The maximum Gasteiger partial charge on any atom is 0.264 e.